The number of H-pyrrole nitrogens is 1. The summed E-state index contributed by atoms with van der Waals surface area (Å²) in [6, 6.07) is -0.308. The molecule has 35 heavy (non-hydrogen) atoms. The first-order valence-electron chi connectivity index (χ1n) is 11.0. The van der Waals surface area contributed by atoms with Gasteiger partial charge in [-0.3, -0.25) is 9.59 Å². The summed E-state index contributed by atoms with van der Waals surface area (Å²) in [5, 5.41) is 13.3. The number of carbonyl (C=O) groups is 3. The molecule has 192 valence electrons. The molecule has 2 aromatic heterocycles. The number of aromatic amines is 1. The van der Waals surface area contributed by atoms with Gasteiger partial charge in [0.1, 0.15) is 10.6 Å². The van der Waals surface area contributed by atoms with Gasteiger partial charge in [0.05, 0.1) is 22.8 Å². The second-order valence-electron chi connectivity index (χ2n) is 8.46. The number of hydrogen-bond donors (Lipinski definition) is 3. The average Bonchev–Trinajstić information content (AvgIpc) is 3.37. The number of amides is 1. The zero-order valence-corrected chi connectivity index (χ0v) is 22.1. The van der Waals surface area contributed by atoms with Crippen LogP contribution in [0, 0.1) is 12.8 Å². The Balaban J connectivity index is 1.73. The van der Waals surface area contributed by atoms with Crippen molar-refractivity contribution in [2.75, 3.05) is 38.8 Å². The van der Waals surface area contributed by atoms with Crippen LogP contribution in [0.15, 0.2) is 0 Å². The lowest BCUT2D eigenvalue weighted by molar-refractivity contribution is 0.0375. The van der Waals surface area contributed by atoms with Crippen LogP contribution in [0.2, 0.25) is 10.0 Å². The van der Waals surface area contributed by atoms with E-state index in [-0.39, 0.29) is 58.2 Å². The standard InChI is InChI=1S/C22H28Cl2N4O6S/c1-10(9-33-3)25-20(30)18-19(21(31)32)35-22(27-18)28-6-5-12(14(8-28)34-4)7-13(29)17-16(24)15(23)11(2)26-17/h10,12,14,26H,5-9H2,1-4H3,(H,25,30)(H,31,32)/t10-,12-,14-/m0/s1. The number of Topliss-reactive ketones (excluding diaryl/α,β-unsaturated/α-hetero) is 1. The van der Waals surface area contributed by atoms with Crippen molar-refractivity contribution in [3.8, 4) is 0 Å². The summed E-state index contributed by atoms with van der Waals surface area (Å²) in [5.41, 5.74) is 0.781. The van der Waals surface area contributed by atoms with Crippen LogP contribution in [0.5, 0.6) is 0 Å². The number of carboxylic acids is 1. The van der Waals surface area contributed by atoms with Gasteiger partial charge in [-0.25, -0.2) is 9.78 Å². The number of carbonyl (C=O) groups excluding carboxylic acids is 2. The van der Waals surface area contributed by atoms with E-state index < -0.39 is 11.9 Å². The van der Waals surface area contributed by atoms with Gasteiger partial charge in [-0.15, -0.1) is 0 Å². The molecule has 3 atom stereocenters. The number of aromatic carboxylic acids is 1. The van der Waals surface area contributed by atoms with Crippen molar-refractivity contribution >= 4 is 57.3 Å². The Bertz CT molecular complexity index is 1100. The van der Waals surface area contributed by atoms with Crippen molar-refractivity contribution in [1.29, 1.82) is 0 Å². The highest BCUT2D eigenvalue weighted by Gasteiger charge is 2.35. The minimum Gasteiger partial charge on any atom is -0.477 e. The van der Waals surface area contributed by atoms with Crippen molar-refractivity contribution in [2.24, 2.45) is 5.92 Å². The summed E-state index contributed by atoms with van der Waals surface area (Å²) >= 11 is 13.2. The lowest BCUT2D eigenvalue weighted by Crippen LogP contribution is -2.45. The number of anilines is 1. The third-order valence-corrected chi connectivity index (χ3v) is 7.92. The number of aromatic nitrogens is 2. The number of rotatable bonds is 10. The molecule has 0 aromatic carbocycles. The van der Waals surface area contributed by atoms with E-state index in [9.17, 15) is 19.5 Å². The lowest BCUT2D eigenvalue weighted by Gasteiger charge is -2.37. The summed E-state index contributed by atoms with van der Waals surface area (Å²) in [7, 11) is 3.08. The molecule has 1 saturated heterocycles. The first-order chi connectivity index (χ1) is 16.6. The molecule has 1 aliphatic rings. The summed E-state index contributed by atoms with van der Waals surface area (Å²) in [6.45, 7) is 4.68. The minimum atomic E-state index is -1.22. The Labute approximate surface area is 216 Å². The number of halogens is 2. The molecule has 13 heteroatoms. The summed E-state index contributed by atoms with van der Waals surface area (Å²) in [4.78, 5) is 46.3. The molecule has 3 N–H and O–H groups in total. The van der Waals surface area contributed by atoms with Gasteiger partial charge in [0, 0.05) is 45.5 Å². The van der Waals surface area contributed by atoms with E-state index in [1.54, 1.807) is 21.0 Å². The number of thiazole rings is 1. The smallest absolute Gasteiger partial charge is 0.348 e. The predicted octanol–water partition coefficient (Wildman–Crippen LogP) is 3.66. The second kappa shape index (κ2) is 11.7. The van der Waals surface area contributed by atoms with Crippen LogP contribution in [0.1, 0.15) is 56.1 Å². The first kappa shape index (κ1) is 27.4. The quantitative estimate of drug-likeness (QED) is 0.384. The predicted molar refractivity (Wildman–Crippen MR) is 133 cm³/mol. The largest absolute Gasteiger partial charge is 0.477 e. The molecule has 3 heterocycles. The number of carboxylic acid groups (broad SMARTS) is 1. The number of aryl methyl sites for hydroxylation is 1. The highest BCUT2D eigenvalue weighted by Crippen LogP contribution is 2.34. The van der Waals surface area contributed by atoms with Gasteiger partial charge in [0.25, 0.3) is 5.91 Å². The fraction of sp³-hybridized carbons (Fsp3) is 0.545. The van der Waals surface area contributed by atoms with Gasteiger partial charge in [-0.1, -0.05) is 34.5 Å². The Morgan fingerprint density at radius 1 is 1.31 bits per heavy atom. The molecule has 0 bridgehead atoms. The molecule has 3 rings (SSSR count). The van der Waals surface area contributed by atoms with Gasteiger partial charge in [0.2, 0.25) is 0 Å². The van der Waals surface area contributed by atoms with Crippen molar-refractivity contribution in [3.63, 3.8) is 0 Å². The SMILES string of the molecule is COC[C@H](C)NC(=O)c1nc(N2CC[C@@H](CC(=O)c3[nH]c(C)c(Cl)c3Cl)[C@@H](OC)C2)sc1C(=O)O. The fourth-order valence-electron chi connectivity index (χ4n) is 4.07. The van der Waals surface area contributed by atoms with Gasteiger partial charge in [-0.2, -0.15) is 0 Å². The zero-order valence-electron chi connectivity index (χ0n) is 19.8. The molecule has 1 aliphatic heterocycles. The average molecular weight is 547 g/mol. The maximum atomic E-state index is 12.9. The number of piperidine rings is 1. The topological polar surface area (TPSA) is 134 Å². The normalized spacial score (nSPS) is 19.0. The van der Waals surface area contributed by atoms with Gasteiger partial charge in [-0.05, 0) is 26.2 Å². The van der Waals surface area contributed by atoms with E-state index >= 15 is 0 Å². The Kier molecular flexibility index (Phi) is 9.16. The van der Waals surface area contributed by atoms with E-state index in [1.165, 1.54) is 7.11 Å². The van der Waals surface area contributed by atoms with Crippen molar-refractivity contribution in [3.05, 3.63) is 32.0 Å². The molecule has 0 saturated carbocycles. The highest BCUT2D eigenvalue weighted by atomic mass is 35.5. The number of nitrogens with zero attached hydrogens (tertiary/aromatic N) is 2. The van der Waals surface area contributed by atoms with Crippen molar-refractivity contribution in [2.45, 2.75) is 38.8 Å². The van der Waals surface area contributed by atoms with Gasteiger partial charge in [0.15, 0.2) is 16.6 Å². The van der Waals surface area contributed by atoms with Crippen molar-refractivity contribution in [1.82, 2.24) is 15.3 Å². The Morgan fingerprint density at radius 3 is 2.60 bits per heavy atom. The molecular formula is C22H28Cl2N4O6S. The molecule has 0 spiro atoms. The van der Waals surface area contributed by atoms with Crippen LogP contribution >= 0.6 is 34.5 Å². The molecule has 0 unspecified atom stereocenters. The third-order valence-electron chi connectivity index (χ3n) is 5.87. The molecule has 10 nitrogen and oxygen atoms in total. The van der Waals surface area contributed by atoms with Crippen molar-refractivity contribution < 1.29 is 29.0 Å². The molecular weight excluding hydrogens is 519 g/mol. The summed E-state index contributed by atoms with van der Waals surface area (Å²) in [5.74, 6) is -2.04. The number of ether oxygens (including phenoxy) is 2. The lowest BCUT2D eigenvalue weighted by atomic mass is 9.88. The monoisotopic (exact) mass is 546 g/mol. The van der Waals surface area contributed by atoms with Gasteiger partial charge < -0.3 is 29.8 Å². The van der Waals surface area contributed by atoms with E-state index in [1.807, 2.05) is 4.90 Å². The van der Waals surface area contributed by atoms with Gasteiger partial charge >= 0.3 is 5.97 Å². The van der Waals surface area contributed by atoms with E-state index in [0.717, 1.165) is 11.3 Å². The molecule has 1 amide bonds. The molecule has 0 radical (unpaired) electrons. The molecule has 1 fully saturated rings. The summed E-state index contributed by atoms with van der Waals surface area (Å²) < 4.78 is 10.7. The highest BCUT2D eigenvalue weighted by molar-refractivity contribution is 7.17. The number of hydrogen-bond acceptors (Lipinski definition) is 8. The Morgan fingerprint density at radius 2 is 2.03 bits per heavy atom. The summed E-state index contributed by atoms with van der Waals surface area (Å²) in [6.07, 6.45) is 0.504. The maximum absolute atomic E-state index is 12.9. The number of nitrogens with one attached hydrogen (secondary N) is 2. The maximum Gasteiger partial charge on any atom is 0.348 e. The van der Waals surface area contributed by atoms with Crippen LogP contribution < -0.4 is 10.2 Å². The zero-order chi connectivity index (χ0) is 25.9. The number of methoxy groups -OCH3 is 2. The van der Waals surface area contributed by atoms with Crippen LogP contribution in [-0.2, 0) is 9.47 Å². The minimum absolute atomic E-state index is 0.0845. The molecule has 2 aromatic rings. The van der Waals surface area contributed by atoms with E-state index in [4.69, 9.17) is 32.7 Å². The third kappa shape index (κ3) is 6.15. The van der Waals surface area contributed by atoms with Crippen LogP contribution in [-0.4, -0.2) is 78.8 Å². The second-order valence-corrected chi connectivity index (χ2v) is 10.2. The first-order valence-corrected chi connectivity index (χ1v) is 12.5. The van der Waals surface area contributed by atoms with Crippen LogP contribution in [0.4, 0.5) is 5.13 Å². The number of ketones is 1. The molecule has 0 aliphatic carbocycles. The van der Waals surface area contributed by atoms with E-state index in [0.29, 0.717) is 35.4 Å². The fourth-order valence-corrected chi connectivity index (χ4v) is 5.44. The Hall–Kier alpha value is -2.18. The van der Waals surface area contributed by atoms with E-state index in [2.05, 4.69) is 15.3 Å². The van der Waals surface area contributed by atoms with Crippen LogP contribution in [0.3, 0.4) is 0 Å². The van der Waals surface area contributed by atoms with Crippen LogP contribution in [0.25, 0.3) is 0 Å².